The first-order valence-electron chi connectivity index (χ1n) is 9.05. The van der Waals surface area contributed by atoms with E-state index < -0.39 is 0 Å². The largest absolute Gasteiger partial charge is 0.468 e. The van der Waals surface area contributed by atoms with Crippen molar-refractivity contribution in [1.29, 1.82) is 0 Å². The number of hydrogen-bond donors (Lipinski definition) is 1. The number of aromatic nitrogens is 3. The fourth-order valence-corrected chi connectivity index (χ4v) is 3.40. The van der Waals surface area contributed by atoms with E-state index in [9.17, 15) is 0 Å². The van der Waals surface area contributed by atoms with E-state index in [0.29, 0.717) is 12.0 Å². The Morgan fingerprint density at radius 1 is 1.28 bits per heavy atom. The first-order chi connectivity index (χ1) is 12.2. The van der Waals surface area contributed by atoms with Crippen molar-refractivity contribution in [1.82, 2.24) is 19.5 Å². The molecule has 4 rings (SSSR count). The van der Waals surface area contributed by atoms with Crippen molar-refractivity contribution in [3.63, 3.8) is 0 Å². The standard InChI is InChI=1S/C19H25N5O/c1-14(2)17-12-19(24-18(22-17)5-8-20-24)21-15-6-9-23(10-7-15)13-16-4-3-11-25-16/h3-5,8,11-12,14-15,21H,6-7,9-10,13H2,1-2H3. The van der Waals surface area contributed by atoms with Crippen molar-refractivity contribution >= 4 is 11.5 Å². The van der Waals surface area contributed by atoms with Gasteiger partial charge in [0, 0.05) is 37.0 Å². The molecule has 4 heterocycles. The fraction of sp³-hybridized carbons (Fsp3) is 0.474. The van der Waals surface area contributed by atoms with Gasteiger partial charge in [-0.05, 0) is 30.9 Å². The molecule has 132 valence electrons. The molecular weight excluding hydrogens is 314 g/mol. The molecule has 0 unspecified atom stereocenters. The lowest BCUT2D eigenvalue weighted by atomic mass is 10.0. The van der Waals surface area contributed by atoms with Gasteiger partial charge in [0.2, 0.25) is 0 Å². The molecule has 0 amide bonds. The van der Waals surface area contributed by atoms with Crippen LogP contribution in [0.1, 0.15) is 44.1 Å². The van der Waals surface area contributed by atoms with Crippen LogP contribution in [0.3, 0.4) is 0 Å². The first-order valence-corrected chi connectivity index (χ1v) is 9.05. The summed E-state index contributed by atoms with van der Waals surface area (Å²) in [4.78, 5) is 7.14. The average Bonchev–Trinajstić information content (AvgIpc) is 3.28. The highest BCUT2D eigenvalue weighted by Gasteiger charge is 2.21. The lowest BCUT2D eigenvalue weighted by molar-refractivity contribution is 0.196. The van der Waals surface area contributed by atoms with E-state index in [0.717, 1.165) is 55.4 Å². The highest BCUT2D eigenvalue weighted by Crippen LogP contribution is 2.22. The molecule has 0 aromatic carbocycles. The molecule has 25 heavy (non-hydrogen) atoms. The van der Waals surface area contributed by atoms with Crippen LogP contribution in [0.4, 0.5) is 5.82 Å². The van der Waals surface area contributed by atoms with E-state index in [1.807, 2.05) is 28.9 Å². The second-order valence-electron chi connectivity index (χ2n) is 7.10. The molecule has 1 N–H and O–H groups in total. The summed E-state index contributed by atoms with van der Waals surface area (Å²) in [6.07, 6.45) is 5.78. The van der Waals surface area contributed by atoms with Crippen molar-refractivity contribution in [2.24, 2.45) is 0 Å². The number of piperidine rings is 1. The molecule has 0 spiro atoms. The van der Waals surface area contributed by atoms with Crippen LogP contribution >= 0.6 is 0 Å². The maximum Gasteiger partial charge on any atom is 0.157 e. The molecule has 0 saturated carbocycles. The van der Waals surface area contributed by atoms with Crippen molar-refractivity contribution in [3.8, 4) is 0 Å². The Morgan fingerprint density at radius 2 is 2.12 bits per heavy atom. The van der Waals surface area contributed by atoms with Gasteiger partial charge >= 0.3 is 0 Å². The molecule has 1 fully saturated rings. The van der Waals surface area contributed by atoms with Crippen LogP contribution in [-0.4, -0.2) is 38.6 Å². The maximum absolute atomic E-state index is 5.46. The number of hydrogen-bond acceptors (Lipinski definition) is 5. The lowest BCUT2D eigenvalue weighted by Crippen LogP contribution is -2.39. The summed E-state index contributed by atoms with van der Waals surface area (Å²) < 4.78 is 7.36. The molecule has 1 aliphatic heterocycles. The van der Waals surface area contributed by atoms with Crippen LogP contribution in [0.5, 0.6) is 0 Å². The SMILES string of the molecule is CC(C)c1cc(NC2CCN(Cc3ccco3)CC2)n2nccc2n1. The summed E-state index contributed by atoms with van der Waals surface area (Å²) in [5.74, 6) is 2.49. The number of rotatable bonds is 5. The molecule has 3 aromatic heterocycles. The number of nitrogens with one attached hydrogen (secondary N) is 1. The molecule has 0 bridgehead atoms. The third-order valence-corrected chi connectivity index (χ3v) is 4.87. The minimum atomic E-state index is 0.399. The highest BCUT2D eigenvalue weighted by atomic mass is 16.3. The van der Waals surface area contributed by atoms with Crippen molar-refractivity contribution in [2.75, 3.05) is 18.4 Å². The topological polar surface area (TPSA) is 58.6 Å². The third kappa shape index (κ3) is 3.54. The van der Waals surface area contributed by atoms with Crippen LogP contribution in [0.25, 0.3) is 5.65 Å². The van der Waals surface area contributed by atoms with E-state index in [1.165, 1.54) is 0 Å². The molecule has 0 atom stereocenters. The molecule has 3 aromatic rings. The van der Waals surface area contributed by atoms with Gasteiger partial charge in [0.15, 0.2) is 5.65 Å². The molecule has 1 saturated heterocycles. The maximum atomic E-state index is 5.46. The van der Waals surface area contributed by atoms with Gasteiger partial charge in [0.25, 0.3) is 0 Å². The molecule has 6 nitrogen and oxygen atoms in total. The number of likely N-dealkylation sites (tertiary alicyclic amines) is 1. The van der Waals surface area contributed by atoms with Gasteiger partial charge in [0.1, 0.15) is 11.6 Å². The Labute approximate surface area is 147 Å². The number of nitrogens with zero attached hydrogens (tertiary/aromatic N) is 4. The zero-order valence-corrected chi connectivity index (χ0v) is 14.9. The first kappa shape index (κ1) is 16.1. The van der Waals surface area contributed by atoms with Gasteiger partial charge in [-0.15, -0.1) is 0 Å². The van der Waals surface area contributed by atoms with Crippen molar-refractivity contribution in [2.45, 2.75) is 45.2 Å². The summed E-state index contributed by atoms with van der Waals surface area (Å²) in [5, 5.41) is 8.11. The Balaban J connectivity index is 1.43. The predicted octanol–water partition coefficient (Wildman–Crippen LogP) is 3.52. The minimum absolute atomic E-state index is 0.399. The third-order valence-electron chi connectivity index (χ3n) is 4.87. The summed E-state index contributed by atoms with van der Waals surface area (Å²) in [7, 11) is 0. The normalized spacial score (nSPS) is 16.8. The lowest BCUT2D eigenvalue weighted by Gasteiger charge is -2.32. The average molecular weight is 339 g/mol. The highest BCUT2D eigenvalue weighted by molar-refractivity contribution is 5.50. The van der Waals surface area contributed by atoms with Crippen LogP contribution in [0.2, 0.25) is 0 Å². The van der Waals surface area contributed by atoms with E-state index in [-0.39, 0.29) is 0 Å². The second kappa shape index (κ2) is 6.88. The van der Waals surface area contributed by atoms with E-state index in [1.54, 1.807) is 6.26 Å². The van der Waals surface area contributed by atoms with Crippen LogP contribution in [0.15, 0.2) is 41.1 Å². The monoisotopic (exact) mass is 339 g/mol. The Bertz CT molecular complexity index is 816. The van der Waals surface area contributed by atoms with Crippen LogP contribution in [-0.2, 0) is 6.54 Å². The zero-order chi connectivity index (χ0) is 17.2. The van der Waals surface area contributed by atoms with Gasteiger partial charge in [-0.2, -0.15) is 9.61 Å². The predicted molar refractivity (Wildman–Crippen MR) is 97.7 cm³/mol. The fourth-order valence-electron chi connectivity index (χ4n) is 3.40. The molecule has 0 aliphatic carbocycles. The van der Waals surface area contributed by atoms with Gasteiger partial charge < -0.3 is 9.73 Å². The summed E-state index contributed by atoms with van der Waals surface area (Å²) in [6.45, 7) is 7.39. The van der Waals surface area contributed by atoms with Gasteiger partial charge in [-0.1, -0.05) is 13.8 Å². The molecule has 6 heteroatoms. The zero-order valence-electron chi connectivity index (χ0n) is 14.9. The second-order valence-corrected chi connectivity index (χ2v) is 7.10. The molecule has 0 radical (unpaired) electrons. The van der Waals surface area contributed by atoms with Crippen molar-refractivity contribution in [3.05, 3.63) is 48.2 Å². The van der Waals surface area contributed by atoms with E-state index in [4.69, 9.17) is 4.42 Å². The Morgan fingerprint density at radius 3 is 2.84 bits per heavy atom. The number of fused-ring (bicyclic) bond motifs is 1. The number of furan rings is 1. The number of anilines is 1. The Hall–Kier alpha value is -2.34. The molecular formula is C19H25N5O. The van der Waals surface area contributed by atoms with Gasteiger partial charge in [0.05, 0.1) is 19.0 Å². The van der Waals surface area contributed by atoms with Gasteiger partial charge in [-0.3, -0.25) is 4.90 Å². The molecule has 1 aliphatic rings. The van der Waals surface area contributed by atoms with Crippen molar-refractivity contribution < 1.29 is 4.42 Å². The smallest absolute Gasteiger partial charge is 0.157 e. The summed E-state index contributed by atoms with van der Waals surface area (Å²) in [6, 6.07) is 8.56. The quantitative estimate of drug-likeness (QED) is 0.771. The Kier molecular flexibility index (Phi) is 4.44. The van der Waals surface area contributed by atoms with E-state index >= 15 is 0 Å². The summed E-state index contributed by atoms with van der Waals surface area (Å²) in [5.41, 5.74) is 2.01. The van der Waals surface area contributed by atoms with Crippen LogP contribution in [0, 0.1) is 0 Å². The minimum Gasteiger partial charge on any atom is -0.468 e. The van der Waals surface area contributed by atoms with E-state index in [2.05, 4.69) is 40.2 Å². The summed E-state index contributed by atoms with van der Waals surface area (Å²) >= 11 is 0. The van der Waals surface area contributed by atoms with Gasteiger partial charge in [-0.25, -0.2) is 4.98 Å². The van der Waals surface area contributed by atoms with Crippen LogP contribution < -0.4 is 5.32 Å².